The van der Waals surface area contributed by atoms with Crippen molar-refractivity contribution in [3.8, 4) is 5.75 Å². The van der Waals surface area contributed by atoms with E-state index in [0.717, 1.165) is 5.57 Å². The number of amides is 4. The van der Waals surface area contributed by atoms with E-state index in [4.69, 9.17) is 0 Å². The molecule has 0 bridgehead atoms. The Morgan fingerprint density at radius 1 is 0.806 bits per heavy atom. The summed E-state index contributed by atoms with van der Waals surface area (Å²) in [5, 5.41) is 9.79. The van der Waals surface area contributed by atoms with E-state index in [1.807, 2.05) is 26.8 Å². The molecular formula is C28H33FN2O5. The minimum Gasteiger partial charge on any atom is -0.505 e. The van der Waals surface area contributed by atoms with E-state index in [1.165, 1.54) is 21.9 Å². The van der Waals surface area contributed by atoms with Crippen LogP contribution in [0.3, 0.4) is 0 Å². The highest BCUT2D eigenvalue weighted by Crippen LogP contribution is 2.58. The van der Waals surface area contributed by atoms with Crippen molar-refractivity contribution >= 4 is 23.6 Å². The molecule has 0 aromatic heterocycles. The van der Waals surface area contributed by atoms with Crippen LogP contribution in [0.2, 0.25) is 0 Å². The van der Waals surface area contributed by atoms with Crippen molar-refractivity contribution < 1.29 is 28.7 Å². The van der Waals surface area contributed by atoms with Crippen LogP contribution in [0.25, 0.3) is 0 Å². The highest BCUT2D eigenvalue weighted by molar-refractivity contribution is 6.08. The maximum absolute atomic E-state index is 14.5. The number of nitrogens with zero attached hydrogens (tertiary/aromatic N) is 2. The summed E-state index contributed by atoms with van der Waals surface area (Å²) in [5.74, 6) is -5.91. The zero-order chi connectivity index (χ0) is 26.5. The smallest absolute Gasteiger partial charge is 0.234 e. The van der Waals surface area contributed by atoms with Crippen LogP contribution in [-0.2, 0) is 19.2 Å². The molecule has 0 spiro atoms. The molecule has 7 nitrogen and oxygen atoms in total. The lowest BCUT2D eigenvalue weighted by molar-refractivity contribution is -0.147. The van der Waals surface area contributed by atoms with Crippen molar-refractivity contribution in [3.05, 3.63) is 41.2 Å². The molecule has 6 atom stereocenters. The van der Waals surface area contributed by atoms with E-state index in [-0.39, 0.29) is 23.6 Å². The van der Waals surface area contributed by atoms with Gasteiger partial charge in [-0.25, -0.2) is 4.39 Å². The Hall–Kier alpha value is -3.03. The normalized spacial score (nSPS) is 32.5. The Morgan fingerprint density at radius 3 is 1.92 bits per heavy atom. The molecule has 3 fully saturated rings. The first-order valence-corrected chi connectivity index (χ1v) is 12.6. The molecule has 1 aromatic carbocycles. The molecule has 4 amide bonds. The Kier molecular flexibility index (Phi) is 5.30. The summed E-state index contributed by atoms with van der Waals surface area (Å²) < 4.78 is 14.5. The molecule has 4 aliphatic rings. The van der Waals surface area contributed by atoms with Gasteiger partial charge in [-0.1, -0.05) is 17.7 Å². The molecule has 2 saturated heterocycles. The van der Waals surface area contributed by atoms with Gasteiger partial charge in [-0.2, -0.15) is 0 Å². The number of likely N-dealkylation sites (tertiary alicyclic amines) is 2. The van der Waals surface area contributed by atoms with Gasteiger partial charge in [0.15, 0.2) is 11.6 Å². The molecule has 0 radical (unpaired) electrons. The van der Waals surface area contributed by atoms with Crippen molar-refractivity contribution in [1.82, 2.24) is 9.80 Å². The number of halogens is 1. The molecule has 192 valence electrons. The van der Waals surface area contributed by atoms with E-state index >= 15 is 0 Å². The van der Waals surface area contributed by atoms with Crippen LogP contribution < -0.4 is 0 Å². The Labute approximate surface area is 210 Å². The maximum atomic E-state index is 14.5. The van der Waals surface area contributed by atoms with Crippen LogP contribution in [-0.4, -0.2) is 49.6 Å². The van der Waals surface area contributed by atoms with Crippen LogP contribution in [0.1, 0.15) is 65.9 Å². The zero-order valence-electron chi connectivity index (χ0n) is 21.5. The summed E-state index contributed by atoms with van der Waals surface area (Å²) in [6.45, 7) is 10.9. The van der Waals surface area contributed by atoms with Crippen molar-refractivity contribution in [3.63, 3.8) is 0 Å². The van der Waals surface area contributed by atoms with Crippen LogP contribution in [0.15, 0.2) is 29.8 Å². The molecule has 1 aromatic rings. The van der Waals surface area contributed by atoms with Gasteiger partial charge >= 0.3 is 0 Å². The van der Waals surface area contributed by atoms with Crippen LogP contribution in [0.5, 0.6) is 5.75 Å². The SMILES string of the molecule is CC(C)(C)N1C(=O)C2CC=C3C(CC4C(=O)N(C(C)(C)C)C(=O)C4C3c3ccc(O)c(F)c3)C2C1=O. The molecule has 2 aliphatic heterocycles. The summed E-state index contributed by atoms with van der Waals surface area (Å²) in [7, 11) is 0. The standard InChI is InChI=1S/C28H33FN2O5/c1-27(2,3)30-23(33)15-9-8-14-16(21(15)25(30)35)12-17-22(26(36)31(24(17)34)28(4,5)6)20(14)13-7-10-19(32)18(29)11-13/h7-8,10-11,15-17,20-22,32H,9,12H2,1-6H3. The molecule has 1 saturated carbocycles. The van der Waals surface area contributed by atoms with Crippen LogP contribution in [0, 0.1) is 35.4 Å². The Bertz CT molecular complexity index is 1220. The van der Waals surface area contributed by atoms with Crippen molar-refractivity contribution in [2.75, 3.05) is 0 Å². The summed E-state index contributed by atoms with van der Waals surface area (Å²) in [5.41, 5.74) is -0.113. The third-order valence-corrected chi connectivity index (χ3v) is 8.32. The third kappa shape index (κ3) is 3.36. The predicted molar refractivity (Wildman–Crippen MR) is 129 cm³/mol. The fraction of sp³-hybridized carbons (Fsp3) is 0.571. The average Bonchev–Trinajstić information content (AvgIpc) is 3.17. The van der Waals surface area contributed by atoms with Crippen LogP contribution >= 0.6 is 0 Å². The monoisotopic (exact) mass is 496 g/mol. The number of aromatic hydroxyl groups is 1. The van der Waals surface area contributed by atoms with Gasteiger partial charge in [0.1, 0.15) is 0 Å². The number of carbonyl (C=O) groups is 4. The number of rotatable bonds is 1. The zero-order valence-corrected chi connectivity index (χ0v) is 21.5. The van der Waals surface area contributed by atoms with Crippen molar-refractivity contribution in [2.45, 2.75) is 71.4 Å². The molecule has 8 heteroatoms. The molecule has 5 rings (SSSR count). The van der Waals surface area contributed by atoms with Crippen molar-refractivity contribution in [2.24, 2.45) is 29.6 Å². The van der Waals surface area contributed by atoms with Gasteiger partial charge in [0.05, 0.1) is 23.7 Å². The maximum Gasteiger partial charge on any atom is 0.234 e. The highest BCUT2D eigenvalue weighted by atomic mass is 19.1. The number of fused-ring (bicyclic) bond motifs is 4. The largest absolute Gasteiger partial charge is 0.505 e. The predicted octanol–water partition coefficient (Wildman–Crippen LogP) is 3.76. The average molecular weight is 497 g/mol. The molecule has 2 heterocycles. The third-order valence-electron chi connectivity index (χ3n) is 8.32. The number of carbonyl (C=O) groups excluding carboxylic acids is 4. The molecule has 6 unspecified atom stereocenters. The number of benzene rings is 1. The van der Waals surface area contributed by atoms with Gasteiger partial charge < -0.3 is 5.11 Å². The lowest BCUT2D eigenvalue weighted by Crippen LogP contribution is -2.47. The van der Waals surface area contributed by atoms with Gasteiger partial charge in [-0.15, -0.1) is 0 Å². The minimum absolute atomic E-state index is 0.202. The van der Waals surface area contributed by atoms with Gasteiger partial charge in [0, 0.05) is 17.0 Å². The first kappa shape index (κ1) is 24.7. The van der Waals surface area contributed by atoms with Gasteiger partial charge in [0.2, 0.25) is 23.6 Å². The van der Waals surface area contributed by atoms with Gasteiger partial charge in [-0.05, 0) is 78.0 Å². The summed E-state index contributed by atoms with van der Waals surface area (Å²) in [6, 6.07) is 4.05. The molecule has 36 heavy (non-hydrogen) atoms. The first-order chi connectivity index (χ1) is 16.6. The molecular weight excluding hydrogens is 463 g/mol. The fourth-order valence-corrected chi connectivity index (χ4v) is 7.00. The fourth-order valence-electron chi connectivity index (χ4n) is 7.00. The lowest BCUT2D eigenvalue weighted by Gasteiger charge is -2.44. The molecule has 2 aliphatic carbocycles. The van der Waals surface area contributed by atoms with E-state index < -0.39 is 58.2 Å². The van der Waals surface area contributed by atoms with E-state index in [2.05, 4.69) is 0 Å². The number of phenolic OH excluding ortho intramolecular Hbond substituents is 1. The van der Waals surface area contributed by atoms with Gasteiger partial charge in [-0.3, -0.25) is 29.0 Å². The number of hydrogen-bond donors (Lipinski definition) is 1. The minimum atomic E-state index is -0.809. The summed E-state index contributed by atoms with van der Waals surface area (Å²) >= 11 is 0. The Morgan fingerprint density at radius 2 is 1.36 bits per heavy atom. The second-order valence-corrected chi connectivity index (χ2v) is 12.6. The Balaban J connectivity index is 1.66. The quantitative estimate of drug-likeness (QED) is 0.472. The number of allylic oxidation sites excluding steroid dienone is 2. The lowest BCUT2D eigenvalue weighted by atomic mass is 9.57. The highest BCUT2D eigenvalue weighted by Gasteiger charge is 2.63. The second kappa shape index (κ2) is 7.73. The number of phenols is 1. The van der Waals surface area contributed by atoms with Crippen LogP contribution in [0.4, 0.5) is 4.39 Å². The van der Waals surface area contributed by atoms with E-state index in [9.17, 15) is 28.7 Å². The summed E-state index contributed by atoms with van der Waals surface area (Å²) in [6.07, 6.45) is 2.59. The van der Waals surface area contributed by atoms with E-state index in [1.54, 1.807) is 26.8 Å². The van der Waals surface area contributed by atoms with Gasteiger partial charge in [0.25, 0.3) is 0 Å². The summed E-state index contributed by atoms with van der Waals surface area (Å²) in [4.78, 5) is 57.0. The number of imide groups is 2. The first-order valence-electron chi connectivity index (χ1n) is 12.6. The van der Waals surface area contributed by atoms with E-state index in [0.29, 0.717) is 18.4 Å². The van der Waals surface area contributed by atoms with Crippen molar-refractivity contribution in [1.29, 1.82) is 0 Å². The molecule has 1 N–H and O–H groups in total. The topological polar surface area (TPSA) is 95.0 Å². The number of hydrogen-bond acceptors (Lipinski definition) is 5. The second-order valence-electron chi connectivity index (χ2n) is 12.6.